The van der Waals surface area contributed by atoms with Gasteiger partial charge in [-0.25, -0.2) is 0 Å². The third kappa shape index (κ3) is 2.73. The quantitative estimate of drug-likeness (QED) is 0.113. The second-order valence-corrected chi connectivity index (χ2v) is 13.7. The molecule has 0 aliphatic heterocycles. The lowest BCUT2D eigenvalue weighted by Gasteiger charge is -2.02. The molecular weight excluding hydrogens is 587 g/mol. The van der Waals surface area contributed by atoms with Gasteiger partial charge in [-0.05, 0) is 77.2 Å². The topological polar surface area (TPSA) is 78.9 Å². The SMILES string of the molecule is c1ccc2c(c1)Cc1cc3c(cc1-2)[nH]c1c3c2[nH]c3cc4c(cc3c2c2[nH]c3cc5c(cc3c12)[nH]c1ccccc15)[nH]c1ccccc14. The molecule has 0 saturated heterocycles. The van der Waals surface area contributed by atoms with Crippen LogP contribution >= 0.6 is 0 Å². The number of para-hydroxylation sites is 2. The van der Waals surface area contributed by atoms with E-state index in [1.165, 1.54) is 92.7 Å². The number of nitrogens with one attached hydrogen (secondary N) is 5. The molecule has 0 bridgehead atoms. The van der Waals surface area contributed by atoms with Gasteiger partial charge >= 0.3 is 0 Å². The van der Waals surface area contributed by atoms with Gasteiger partial charge in [0, 0.05) is 92.5 Å². The van der Waals surface area contributed by atoms with E-state index in [4.69, 9.17) is 0 Å². The summed E-state index contributed by atoms with van der Waals surface area (Å²) in [5, 5.41) is 12.4. The molecule has 5 heterocycles. The minimum atomic E-state index is 0.968. The summed E-state index contributed by atoms with van der Waals surface area (Å²) in [6.07, 6.45) is 0.968. The van der Waals surface area contributed by atoms with E-state index in [0.717, 1.165) is 45.0 Å². The zero-order valence-electron chi connectivity index (χ0n) is 25.6. The van der Waals surface area contributed by atoms with Crippen molar-refractivity contribution in [3.05, 3.63) is 120 Å². The van der Waals surface area contributed by atoms with Gasteiger partial charge in [-0.1, -0.05) is 60.7 Å². The summed E-state index contributed by atoms with van der Waals surface area (Å²) >= 11 is 0. The molecule has 5 N–H and O–H groups in total. The maximum Gasteiger partial charge on any atom is 0.0588 e. The normalized spacial score (nSPS) is 13.3. The average molecular weight is 612 g/mol. The van der Waals surface area contributed by atoms with Gasteiger partial charge in [0.15, 0.2) is 0 Å². The van der Waals surface area contributed by atoms with E-state index in [1.807, 2.05) is 0 Å². The fourth-order valence-corrected chi connectivity index (χ4v) is 9.25. The molecule has 5 nitrogen and oxygen atoms in total. The molecular formula is C43H25N5. The Morgan fingerprint density at radius 2 is 0.771 bits per heavy atom. The number of aromatic nitrogens is 5. The molecule has 13 rings (SSSR count). The van der Waals surface area contributed by atoms with Gasteiger partial charge in [-0.15, -0.1) is 0 Å². The second-order valence-electron chi connectivity index (χ2n) is 13.7. The zero-order chi connectivity index (χ0) is 30.8. The van der Waals surface area contributed by atoms with Crippen molar-refractivity contribution in [1.82, 2.24) is 24.9 Å². The molecule has 0 atom stereocenters. The highest BCUT2D eigenvalue weighted by Gasteiger charge is 2.25. The van der Waals surface area contributed by atoms with Gasteiger partial charge < -0.3 is 24.9 Å². The first-order valence-electron chi connectivity index (χ1n) is 16.7. The minimum Gasteiger partial charge on any atom is -0.354 e. The minimum absolute atomic E-state index is 0.968. The predicted octanol–water partition coefficient (Wildman–Crippen LogP) is 11.4. The largest absolute Gasteiger partial charge is 0.354 e. The van der Waals surface area contributed by atoms with Gasteiger partial charge in [0.25, 0.3) is 0 Å². The van der Waals surface area contributed by atoms with Gasteiger partial charge in [0.05, 0.1) is 16.6 Å². The van der Waals surface area contributed by atoms with Crippen molar-refractivity contribution in [3.8, 4) is 11.1 Å². The molecule has 0 fully saturated rings. The van der Waals surface area contributed by atoms with Crippen molar-refractivity contribution in [2.45, 2.75) is 6.42 Å². The van der Waals surface area contributed by atoms with Crippen LogP contribution in [-0.2, 0) is 6.42 Å². The van der Waals surface area contributed by atoms with Gasteiger partial charge in [-0.2, -0.15) is 0 Å². The summed E-state index contributed by atoms with van der Waals surface area (Å²) < 4.78 is 0. The fourth-order valence-electron chi connectivity index (χ4n) is 9.25. The van der Waals surface area contributed by atoms with E-state index in [0.29, 0.717) is 0 Å². The maximum absolute atomic E-state index is 3.97. The van der Waals surface area contributed by atoms with Crippen LogP contribution < -0.4 is 0 Å². The second kappa shape index (κ2) is 7.91. The van der Waals surface area contributed by atoms with E-state index in [1.54, 1.807) is 0 Å². The van der Waals surface area contributed by atoms with E-state index < -0.39 is 0 Å². The maximum atomic E-state index is 3.97. The third-order valence-corrected chi connectivity index (χ3v) is 11.3. The number of benzene rings is 7. The Hall–Kier alpha value is -6.46. The van der Waals surface area contributed by atoms with Crippen molar-refractivity contribution < 1.29 is 0 Å². The first kappa shape index (κ1) is 23.8. The highest BCUT2D eigenvalue weighted by molar-refractivity contribution is 6.40. The molecule has 1 aliphatic rings. The number of hydrogen-bond donors (Lipinski definition) is 5. The van der Waals surface area contributed by atoms with Crippen molar-refractivity contribution in [2.75, 3.05) is 0 Å². The molecule has 5 aromatic heterocycles. The highest BCUT2D eigenvalue weighted by Crippen LogP contribution is 2.48. The van der Waals surface area contributed by atoms with Crippen LogP contribution in [0.3, 0.4) is 0 Å². The Morgan fingerprint density at radius 3 is 1.38 bits per heavy atom. The Labute approximate surface area is 271 Å². The van der Waals surface area contributed by atoms with Crippen LogP contribution in [0.5, 0.6) is 0 Å². The molecule has 5 heteroatoms. The summed E-state index contributed by atoms with van der Waals surface area (Å²) in [7, 11) is 0. The van der Waals surface area contributed by atoms with E-state index in [-0.39, 0.29) is 0 Å². The predicted molar refractivity (Wildman–Crippen MR) is 201 cm³/mol. The molecule has 0 spiro atoms. The Kier molecular flexibility index (Phi) is 3.92. The van der Waals surface area contributed by atoms with Crippen LogP contribution in [0.2, 0.25) is 0 Å². The smallest absolute Gasteiger partial charge is 0.0588 e. The lowest BCUT2D eigenvalue weighted by Crippen LogP contribution is -1.81. The molecule has 1 aliphatic carbocycles. The monoisotopic (exact) mass is 611 g/mol. The summed E-state index contributed by atoms with van der Waals surface area (Å²) in [6, 6.07) is 40.2. The molecule has 7 aromatic carbocycles. The van der Waals surface area contributed by atoms with Crippen LogP contribution in [0.25, 0.3) is 120 Å². The van der Waals surface area contributed by atoms with Crippen molar-refractivity contribution >= 4 is 109 Å². The summed E-state index contributed by atoms with van der Waals surface area (Å²) in [6.45, 7) is 0. The molecule has 0 saturated carbocycles. The number of fused-ring (bicyclic) bond motifs is 21. The van der Waals surface area contributed by atoms with Crippen LogP contribution in [0, 0.1) is 0 Å². The summed E-state index contributed by atoms with van der Waals surface area (Å²) in [5.74, 6) is 0. The van der Waals surface area contributed by atoms with Gasteiger partial charge in [0.1, 0.15) is 0 Å². The van der Waals surface area contributed by atoms with E-state index in [2.05, 4.69) is 134 Å². The van der Waals surface area contributed by atoms with Gasteiger partial charge in [0.2, 0.25) is 0 Å². The Balaban J connectivity index is 1.24. The number of hydrogen-bond acceptors (Lipinski definition) is 0. The van der Waals surface area contributed by atoms with Crippen molar-refractivity contribution in [3.63, 3.8) is 0 Å². The molecule has 222 valence electrons. The zero-order valence-corrected chi connectivity index (χ0v) is 25.6. The number of H-pyrrole nitrogens is 5. The molecule has 12 aromatic rings. The van der Waals surface area contributed by atoms with Crippen LogP contribution in [0.4, 0.5) is 0 Å². The third-order valence-electron chi connectivity index (χ3n) is 11.3. The Bertz CT molecular complexity index is 3430. The number of rotatable bonds is 0. The van der Waals surface area contributed by atoms with E-state index >= 15 is 0 Å². The highest BCUT2D eigenvalue weighted by atomic mass is 14.8. The molecule has 0 unspecified atom stereocenters. The van der Waals surface area contributed by atoms with E-state index in [9.17, 15) is 0 Å². The first-order chi connectivity index (χ1) is 23.7. The van der Waals surface area contributed by atoms with Crippen LogP contribution in [-0.4, -0.2) is 24.9 Å². The van der Waals surface area contributed by atoms with Crippen LogP contribution in [0.1, 0.15) is 11.1 Å². The Morgan fingerprint density at radius 1 is 0.312 bits per heavy atom. The standard InChI is InChI=1S/C43H25N5/c1-2-8-22-20(7-1)13-21-14-28-35(15-25(21)22)46-41-38(28)42-40(29-18-33-26(16-36(29)47-42)23-9-3-5-11-31(23)44-33)43-39(41)30-19-34-27(17-37(30)48-43)24-10-4-6-12-32(24)45-34/h1-12,14-19,44-48H,13H2. The lowest BCUT2D eigenvalue weighted by atomic mass is 9.99. The fraction of sp³-hybridized carbons (Fsp3) is 0.0233. The first-order valence-corrected chi connectivity index (χ1v) is 16.7. The summed E-state index contributed by atoms with van der Waals surface area (Å²) in [5.41, 5.74) is 17.1. The average Bonchev–Trinajstić information content (AvgIpc) is 3.94. The summed E-state index contributed by atoms with van der Waals surface area (Å²) in [4.78, 5) is 19.3. The lowest BCUT2D eigenvalue weighted by molar-refractivity contribution is 1.27. The van der Waals surface area contributed by atoms with Gasteiger partial charge in [-0.3, -0.25) is 0 Å². The van der Waals surface area contributed by atoms with Crippen LogP contribution in [0.15, 0.2) is 109 Å². The molecule has 0 amide bonds. The molecule has 48 heavy (non-hydrogen) atoms. The van der Waals surface area contributed by atoms with Crippen molar-refractivity contribution in [1.29, 1.82) is 0 Å². The number of aromatic amines is 5. The van der Waals surface area contributed by atoms with Crippen molar-refractivity contribution in [2.24, 2.45) is 0 Å². The molecule has 0 radical (unpaired) electrons.